The molecule has 6 heteroatoms. The number of H-pyrrole nitrogens is 1. The molecule has 0 unspecified atom stereocenters. The van der Waals surface area contributed by atoms with E-state index in [0.717, 1.165) is 5.56 Å². The Labute approximate surface area is 133 Å². The topological polar surface area (TPSA) is 90.9 Å². The first-order chi connectivity index (χ1) is 11.1. The molecule has 0 spiro atoms. The number of hydrogen-bond acceptors (Lipinski definition) is 4. The van der Waals surface area contributed by atoms with Gasteiger partial charge in [0.25, 0.3) is 5.91 Å². The predicted molar refractivity (Wildman–Crippen MR) is 86.6 cm³/mol. The van der Waals surface area contributed by atoms with E-state index in [0.29, 0.717) is 22.9 Å². The van der Waals surface area contributed by atoms with Crippen molar-refractivity contribution in [2.45, 2.75) is 13.0 Å². The van der Waals surface area contributed by atoms with Crippen molar-refractivity contribution in [1.82, 2.24) is 15.2 Å². The smallest absolute Gasteiger partial charge is 0.257 e. The summed E-state index contributed by atoms with van der Waals surface area (Å²) in [4.78, 5) is 16.4. The zero-order valence-electron chi connectivity index (χ0n) is 12.5. The lowest BCUT2D eigenvalue weighted by atomic mass is 10.1. The number of aromatic amines is 1. The molecule has 0 bridgehead atoms. The summed E-state index contributed by atoms with van der Waals surface area (Å²) >= 11 is 0. The minimum absolute atomic E-state index is 0.487. The molecule has 3 aromatic rings. The number of carbonyl (C=O) groups is 1. The summed E-state index contributed by atoms with van der Waals surface area (Å²) in [5.74, 6) is 0.788. The number of aliphatic hydroxyl groups is 1. The average molecular weight is 308 g/mol. The Bertz CT molecular complexity index is 814. The number of aliphatic hydroxyl groups excluding tert-OH is 1. The molecular weight excluding hydrogens is 292 g/mol. The average Bonchev–Trinajstić information content (AvgIpc) is 3.02. The zero-order chi connectivity index (χ0) is 16.2. The van der Waals surface area contributed by atoms with Crippen molar-refractivity contribution in [1.29, 1.82) is 0 Å². The molecule has 1 amide bonds. The second-order valence-electron chi connectivity index (χ2n) is 5.13. The number of amides is 1. The Kier molecular flexibility index (Phi) is 4.16. The maximum absolute atomic E-state index is 12.2. The molecule has 0 saturated heterocycles. The highest BCUT2D eigenvalue weighted by Crippen LogP contribution is 2.21. The third-order valence-electron chi connectivity index (χ3n) is 3.35. The number of nitrogens with zero attached hydrogens (tertiary/aromatic N) is 2. The third kappa shape index (κ3) is 3.44. The summed E-state index contributed by atoms with van der Waals surface area (Å²) in [5.41, 5.74) is 1.90. The largest absolute Gasteiger partial charge is 0.378 e. The van der Waals surface area contributed by atoms with Gasteiger partial charge in [-0.25, -0.2) is 4.98 Å². The Balaban J connectivity index is 1.76. The van der Waals surface area contributed by atoms with Crippen LogP contribution in [0.1, 0.15) is 17.5 Å². The molecule has 116 valence electrons. The molecule has 23 heavy (non-hydrogen) atoms. The maximum Gasteiger partial charge on any atom is 0.257 e. The lowest BCUT2D eigenvalue weighted by molar-refractivity contribution is -0.124. The highest BCUT2D eigenvalue weighted by molar-refractivity contribution is 5.95. The van der Waals surface area contributed by atoms with Crippen LogP contribution in [0.2, 0.25) is 0 Å². The van der Waals surface area contributed by atoms with Crippen molar-refractivity contribution in [3.63, 3.8) is 0 Å². The van der Waals surface area contributed by atoms with Crippen LogP contribution in [0.15, 0.2) is 54.6 Å². The monoisotopic (exact) mass is 308 g/mol. The van der Waals surface area contributed by atoms with E-state index >= 15 is 0 Å². The van der Waals surface area contributed by atoms with Gasteiger partial charge in [-0.2, -0.15) is 5.10 Å². The minimum Gasteiger partial charge on any atom is -0.378 e. The van der Waals surface area contributed by atoms with Crippen molar-refractivity contribution < 1.29 is 9.90 Å². The van der Waals surface area contributed by atoms with E-state index < -0.39 is 12.0 Å². The molecule has 0 aliphatic rings. The van der Waals surface area contributed by atoms with E-state index in [-0.39, 0.29) is 0 Å². The van der Waals surface area contributed by atoms with Crippen LogP contribution in [0.5, 0.6) is 0 Å². The van der Waals surface area contributed by atoms with E-state index in [1.807, 2.05) is 19.1 Å². The van der Waals surface area contributed by atoms with Crippen LogP contribution >= 0.6 is 0 Å². The van der Waals surface area contributed by atoms with E-state index in [1.54, 1.807) is 42.5 Å². The van der Waals surface area contributed by atoms with E-state index in [4.69, 9.17) is 0 Å². The van der Waals surface area contributed by atoms with E-state index in [2.05, 4.69) is 20.5 Å². The molecule has 0 aliphatic carbocycles. The first-order valence-corrected chi connectivity index (χ1v) is 7.17. The number of aromatic nitrogens is 3. The highest BCUT2D eigenvalue weighted by Gasteiger charge is 2.17. The van der Waals surface area contributed by atoms with E-state index in [9.17, 15) is 9.90 Å². The molecule has 0 fully saturated rings. The fraction of sp³-hybridized carbons (Fsp3) is 0.118. The van der Waals surface area contributed by atoms with Gasteiger partial charge in [-0.3, -0.25) is 9.89 Å². The van der Waals surface area contributed by atoms with Crippen LogP contribution in [-0.2, 0) is 4.79 Å². The van der Waals surface area contributed by atoms with Crippen molar-refractivity contribution in [2.75, 3.05) is 5.32 Å². The van der Waals surface area contributed by atoms with E-state index in [1.165, 1.54) is 0 Å². The lowest BCUT2D eigenvalue weighted by Crippen LogP contribution is -2.20. The molecule has 2 aromatic carbocycles. The summed E-state index contributed by atoms with van der Waals surface area (Å²) < 4.78 is 0. The summed E-state index contributed by atoms with van der Waals surface area (Å²) in [6.45, 7) is 1.82. The lowest BCUT2D eigenvalue weighted by Gasteiger charge is -2.12. The number of carbonyl (C=O) groups excluding carboxylic acids is 1. The van der Waals surface area contributed by atoms with Gasteiger partial charge in [0.2, 0.25) is 0 Å². The summed E-state index contributed by atoms with van der Waals surface area (Å²) in [5, 5.41) is 19.7. The number of rotatable bonds is 4. The first-order valence-electron chi connectivity index (χ1n) is 7.17. The Morgan fingerprint density at radius 2 is 1.96 bits per heavy atom. The van der Waals surface area contributed by atoms with Crippen LogP contribution < -0.4 is 5.32 Å². The van der Waals surface area contributed by atoms with Crippen LogP contribution in [0, 0.1) is 6.92 Å². The Hall–Kier alpha value is -2.99. The number of hydrogen-bond donors (Lipinski definition) is 3. The second kappa shape index (κ2) is 6.41. The van der Waals surface area contributed by atoms with Gasteiger partial charge in [0.05, 0.1) is 0 Å². The van der Waals surface area contributed by atoms with Crippen molar-refractivity contribution in [3.8, 4) is 11.4 Å². The molecule has 0 saturated carbocycles. The van der Waals surface area contributed by atoms with Crippen LogP contribution in [0.3, 0.4) is 0 Å². The quantitative estimate of drug-likeness (QED) is 0.690. The van der Waals surface area contributed by atoms with Gasteiger partial charge in [0.1, 0.15) is 5.82 Å². The van der Waals surface area contributed by atoms with Gasteiger partial charge in [0.15, 0.2) is 11.9 Å². The summed E-state index contributed by atoms with van der Waals surface area (Å²) in [6.07, 6.45) is -1.22. The van der Waals surface area contributed by atoms with Crippen molar-refractivity contribution in [3.05, 3.63) is 66.0 Å². The standard InChI is InChI=1S/C17H16N4O2/c1-11-18-16(21-20-11)13-8-5-9-14(10-13)19-17(23)15(22)12-6-3-2-4-7-12/h2-10,15,22H,1H3,(H,19,23)(H,18,20,21)/t15-/m0/s1. The summed E-state index contributed by atoms with van der Waals surface area (Å²) in [7, 11) is 0. The van der Waals surface area contributed by atoms with Crippen LogP contribution in [0.25, 0.3) is 11.4 Å². The van der Waals surface area contributed by atoms with Gasteiger partial charge in [-0.15, -0.1) is 0 Å². The second-order valence-corrected chi connectivity index (χ2v) is 5.13. The van der Waals surface area contributed by atoms with Gasteiger partial charge < -0.3 is 10.4 Å². The number of anilines is 1. The molecule has 1 heterocycles. The van der Waals surface area contributed by atoms with Gasteiger partial charge in [0, 0.05) is 11.3 Å². The predicted octanol–water partition coefficient (Wildman–Crippen LogP) is 2.45. The third-order valence-corrected chi connectivity index (χ3v) is 3.35. The molecule has 0 radical (unpaired) electrons. The number of nitrogens with one attached hydrogen (secondary N) is 2. The molecule has 1 atom stereocenters. The minimum atomic E-state index is -1.22. The fourth-order valence-corrected chi connectivity index (χ4v) is 2.21. The van der Waals surface area contributed by atoms with Crippen LogP contribution in [0.4, 0.5) is 5.69 Å². The van der Waals surface area contributed by atoms with Crippen LogP contribution in [-0.4, -0.2) is 26.2 Å². The van der Waals surface area contributed by atoms with Crippen molar-refractivity contribution >= 4 is 11.6 Å². The molecular formula is C17H16N4O2. The normalized spacial score (nSPS) is 11.9. The maximum atomic E-state index is 12.2. The molecule has 0 aliphatic heterocycles. The fourth-order valence-electron chi connectivity index (χ4n) is 2.21. The van der Waals surface area contributed by atoms with Gasteiger partial charge in [-0.05, 0) is 24.6 Å². The number of aryl methyl sites for hydroxylation is 1. The Morgan fingerprint density at radius 3 is 2.65 bits per heavy atom. The Morgan fingerprint density at radius 1 is 1.17 bits per heavy atom. The first kappa shape index (κ1) is 14.9. The SMILES string of the molecule is Cc1nc(-c2cccc(NC(=O)[C@@H](O)c3ccccc3)c2)n[nH]1. The number of benzene rings is 2. The highest BCUT2D eigenvalue weighted by atomic mass is 16.3. The van der Waals surface area contributed by atoms with Gasteiger partial charge in [-0.1, -0.05) is 42.5 Å². The summed E-state index contributed by atoms with van der Waals surface area (Å²) in [6, 6.07) is 16.0. The molecule has 3 N–H and O–H groups in total. The molecule has 3 rings (SSSR count). The zero-order valence-corrected chi connectivity index (χ0v) is 12.5. The van der Waals surface area contributed by atoms with Gasteiger partial charge >= 0.3 is 0 Å². The molecule has 1 aromatic heterocycles. The van der Waals surface area contributed by atoms with Crippen molar-refractivity contribution in [2.24, 2.45) is 0 Å². The molecule has 6 nitrogen and oxygen atoms in total.